The Kier molecular flexibility index (Phi) is 11.1. The summed E-state index contributed by atoms with van der Waals surface area (Å²) in [5.74, 6) is 12.0. The fourth-order valence-electron chi connectivity index (χ4n) is 16.6. The van der Waals surface area contributed by atoms with Gasteiger partial charge in [0, 0.05) is 0 Å². The van der Waals surface area contributed by atoms with Crippen LogP contribution < -0.4 is 0 Å². The van der Waals surface area contributed by atoms with Gasteiger partial charge in [0.2, 0.25) is 0 Å². The average molecular weight is 697 g/mol. The molecule has 6 atom stereocenters. The second-order valence-electron chi connectivity index (χ2n) is 23.1. The molecule has 0 aromatic rings. The van der Waals surface area contributed by atoms with Gasteiger partial charge in [-0.2, -0.15) is 0 Å². The molecule has 6 saturated carbocycles. The standard InChI is InChI=1S/C51H84/c1-49(2,3)42-29-31-44-46(33-42)47-34-43(50(4,5)6)30-32-45(47)48(44)51(39-19-13-14-20-39,40-25-21-37(22-26-40)35-15-9-7-10-16-35)41-27-23-38(24-28-41)36-17-11-8-12-18-36/h15,17,37-48H,7-14,16,18-34H2,1-6H3. The number of rotatable bonds is 6. The van der Waals surface area contributed by atoms with Crippen molar-refractivity contribution in [3.8, 4) is 0 Å². The van der Waals surface area contributed by atoms with Gasteiger partial charge in [0.25, 0.3) is 0 Å². The zero-order valence-corrected chi connectivity index (χ0v) is 35.0. The fraction of sp³-hybridized carbons (Fsp3) is 0.922. The van der Waals surface area contributed by atoms with E-state index in [1.165, 1.54) is 64.2 Å². The van der Waals surface area contributed by atoms with Gasteiger partial charge in [-0.25, -0.2) is 0 Å². The summed E-state index contributed by atoms with van der Waals surface area (Å²) in [4.78, 5) is 0. The molecule has 0 heteroatoms. The van der Waals surface area contributed by atoms with E-state index in [9.17, 15) is 0 Å². The Labute approximate surface area is 318 Å². The van der Waals surface area contributed by atoms with Crippen molar-refractivity contribution >= 4 is 0 Å². The highest BCUT2D eigenvalue weighted by molar-refractivity contribution is 5.18. The molecule has 51 heavy (non-hydrogen) atoms. The van der Waals surface area contributed by atoms with Gasteiger partial charge in [0.15, 0.2) is 0 Å². The van der Waals surface area contributed by atoms with Crippen molar-refractivity contribution in [2.24, 2.45) is 87.3 Å². The third kappa shape index (κ3) is 7.20. The molecule has 6 unspecified atom stereocenters. The molecule has 0 aliphatic heterocycles. The quantitative estimate of drug-likeness (QED) is 0.243. The first-order chi connectivity index (χ1) is 24.5. The van der Waals surface area contributed by atoms with Crippen molar-refractivity contribution in [3.63, 3.8) is 0 Å². The SMILES string of the molecule is CC(C)(C)C1CCC2C(C1)C1CC(C(C)(C)C)CCC1C2C(C1CCCC1)(C1CCC(C2=CCCCC2)CC1)C1CCC(C2=CCCCC2)CC1. The maximum atomic E-state index is 2.73. The van der Waals surface area contributed by atoms with Crippen molar-refractivity contribution in [1.82, 2.24) is 0 Å². The third-order valence-electron chi connectivity index (χ3n) is 19.0. The Balaban J connectivity index is 1.18. The van der Waals surface area contributed by atoms with E-state index in [2.05, 4.69) is 53.7 Å². The van der Waals surface area contributed by atoms with Gasteiger partial charge in [0.05, 0.1) is 0 Å². The Bertz CT molecular complexity index is 1130. The largest absolute Gasteiger partial charge is 0.0851 e. The van der Waals surface area contributed by atoms with Crippen molar-refractivity contribution in [2.45, 2.75) is 208 Å². The zero-order valence-electron chi connectivity index (χ0n) is 35.0. The average Bonchev–Trinajstić information content (AvgIpc) is 3.80. The van der Waals surface area contributed by atoms with Gasteiger partial charge < -0.3 is 0 Å². The van der Waals surface area contributed by atoms with Crippen LogP contribution in [0.25, 0.3) is 0 Å². The first-order valence-corrected chi connectivity index (χ1v) is 23.9. The summed E-state index contributed by atoms with van der Waals surface area (Å²) in [6, 6.07) is 0. The minimum absolute atomic E-state index is 0.470. The van der Waals surface area contributed by atoms with E-state index < -0.39 is 0 Å². The lowest BCUT2D eigenvalue weighted by Gasteiger charge is -2.61. The van der Waals surface area contributed by atoms with E-state index in [4.69, 9.17) is 0 Å². The molecule has 0 saturated heterocycles. The smallest absolute Gasteiger partial charge is 0.0179 e. The van der Waals surface area contributed by atoms with Crippen LogP contribution in [0.2, 0.25) is 0 Å². The Hall–Kier alpha value is -0.520. The van der Waals surface area contributed by atoms with Crippen LogP contribution in [0, 0.1) is 87.3 Å². The predicted octanol–water partition coefficient (Wildman–Crippen LogP) is 15.6. The monoisotopic (exact) mass is 697 g/mol. The summed E-state index contributed by atoms with van der Waals surface area (Å²) in [5.41, 5.74) is 5.40. The number of allylic oxidation sites excluding steroid dienone is 4. The van der Waals surface area contributed by atoms with Crippen LogP contribution >= 0.6 is 0 Å². The van der Waals surface area contributed by atoms with Crippen molar-refractivity contribution in [3.05, 3.63) is 23.3 Å². The highest BCUT2D eigenvalue weighted by atomic mass is 14.7. The molecular weight excluding hydrogens is 613 g/mol. The van der Waals surface area contributed by atoms with Gasteiger partial charge in [0.1, 0.15) is 0 Å². The molecule has 0 heterocycles. The second-order valence-corrected chi connectivity index (χ2v) is 23.1. The molecule has 6 fully saturated rings. The molecule has 0 N–H and O–H groups in total. The van der Waals surface area contributed by atoms with E-state index >= 15 is 0 Å². The third-order valence-corrected chi connectivity index (χ3v) is 19.0. The van der Waals surface area contributed by atoms with Crippen LogP contribution in [0.5, 0.6) is 0 Å². The molecule has 0 bridgehead atoms. The minimum Gasteiger partial charge on any atom is -0.0851 e. The number of hydrogen-bond donors (Lipinski definition) is 0. The molecule has 0 nitrogen and oxygen atoms in total. The first-order valence-electron chi connectivity index (χ1n) is 23.9. The first kappa shape index (κ1) is 37.4. The lowest BCUT2D eigenvalue weighted by Crippen LogP contribution is -2.55. The highest BCUT2D eigenvalue weighted by Gasteiger charge is 2.66. The zero-order chi connectivity index (χ0) is 35.4. The lowest BCUT2D eigenvalue weighted by molar-refractivity contribution is -0.126. The molecule has 0 spiro atoms. The van der Waals surface area contributed by atoms with E-state index in [1.54, 1.807) is 103 Å². The van der Waals surface area contributed by atoms with Gasteiger partial charge in [-0.3, -0.25) is 0 Å². The summed E-state index contributed by atoms with van der Waals surface area (Å²) in [7, 11) is 0. The molecule has 0 radical (unpaired) electrons. The highest BCUT2D eigenvalue weighted by Crippen LogP contribution is 2.73. The maximum Gasteiger partial charge on any atom is -0.0179 e. The van der Waals surface area contributed by atoms with Crippen LogP contribution in [-0.2, 0) is 0 Å². The molecule has 0 aromatic carbocycles. The molecule has 8 aliphatic carbocycles. The Morgan fingerprint density at radius 3 is 1.16 bits per heavy atom. The van der Waals surface area contributed by atoms with Crippen LogP contribution in [0.4, 0.5) is 0 Å². The Morgan fingerprint density at radius 2 is 0.784 bits per heavy atom. The molecule has 288 valence electrons. The van der Waals surface area contributed by atoms with Crippen LogP contribution in [-0.4, -0.2) is 0 Å². The maximum absolute atomic E-state index is 2.73. The molecular formula is C51H84. The van der Waals surface area contributed by atoms with E-state index in [0.29, 0.717) is 16.2 Å². The van der Waals surface area contributed by atoms with Crippen molar-refractivity contribution < 1.29 is 0 Å². The minimum atomic E-state index is 0.470. The van der Waals surface area contributed by atoms with Crippen LogP contribution in [0.3, 0.4) is 0 Å². The van der Waals surface area contributed by atoms with Crippen LogP contribution in [0.15, 0.2) is 23.3 Å². The van der Waals surface area contributed by atoms with E-state index in [0.717, 1.165) is 71.0 Å². The van der Waals surface area contributed by atoms with E-state index in [-0.39, 0.29) is 0 Å². The van der Waals surface area contributed by atoms with Crippen LogP contribution in [0.1, 0.15) is 208 Å². The number of hydrogen-bond acceptors (Lipinski definition) is 0. The van der Waals surface area contributed by atoms with Gasteiger partial charge in [-0.15, -0.1) is 0 Å². The predicted molar refractivity (Wildman–Crippen MR) is 219 cm³/mol. The molecule has 0 aromatic heterocycles. The van der Waals surface area contributed by atoms with Gasteiger partial charge in [-0.1, -0.05) is 77.7 Å². The molecule has 8 aliphatic rings. The van der Waals surface area contributed by atoms with Crippen molar-refractivity contribution in [2.75, 3.05) is 0 Å². The summed E-state index contributed by atoms with van der Waals surface area (Å²) in [6.07, 6.45) is 45.1. The lowest BCUT2D eigenvalue weighted by atomic mass is 9.43. The van der Waals surface area contributed by atoms with Crippen molar-refractivity contribution in [1.29, 1.82) is 0 Å². The number of fused-ring (bicyclic) bond motifs is 3. The summed E-state index contributed by atoms with van der Waals surface area (Å²) in [5, 5.41) is 0. The molecule has 0 amide bonds. The normalized spacial score (nSPS) is 42.7. The Morgan fingerprint density at radius 1 is 0.392 bits per heavy atom. The van der Waals surface area contributed by atoms with Gasteiger partial charge in [-0.05, 0) is 241 Å². The topological polar surface area (TPSA) is 0 Å². The van der Waals surface area contributed by atoms with E-state index in [1.807, 2.05) is 11.1 Å². The summed E-state index contributed by atoms with van der Waals surface area (Å²) < 4.78 is 0. The van der Waals surface area contributed by atoms with Gasteiger partial charge >= 0.3 is 0 Å². The second kappa shape index (κ2) is 15.2. The summed E-state index contributed by atoms with van der Waals surface area (Å²) in [6.45, 7) is 15.6. The summed E-state index contributed by atoms with van der Waals surface area (Å²) >= 11 is 0. The molecule has 8 rings (SSSR count). The fourth-order valence-corrected chi connectivity index (χ4v) is 16.6.